The quantitative estimate of drug-likeness (QED) is 0.545. The molecule has 0 spiro atoms. The summed E-state index contributed by atoms with van der Waals surface area (Å²) in [5.41, 5.74) is 0.563. The second kappa shape index (κ2) is 9.76. The Morgan fingerprint density at radius 3 is 2.53 bits per heavy atom. The van der Waals surface area contributed by atoms with Gasteiger partial charge in [-0.2, -0.15) is 5.10 Å². The largest absolute Gasteiger partial charge is 0.462 e. The van der Waals surface area contributed by atoms with Crippen molar-refractivity contribution in [3.8, 4) is 0 Å². The van der Waals surface area contributed by atoms with Crippen molar-refractivity contribution in [2.45, 2.75) is 65.5 Å². The van der Waals surface area contributed by atoms with Crippen LogP contribution in [0.2, 0.25) is 0 Å². The molecular formula is C21H25F2N3O5S. The van der Waals surface area contributed by atoms with Crippen LogP contribution in [0.3, 0.4) is 0 Å². The fourth-order valence-electron chi connectivity index (χ4n) is 3.15. The maximum Gasteiger partial charge on any atom is 0.348 e. The molecule has 174 valence electrons. The van der Waals surface area contributed by atoms with E-state index < -0.39 is 36.9 Å². The number of amides is 1. The van der Waals surface area contributed by atoms with Crippen LogP contribution in [0.15, 0.2) is 6.07 Å². The van der Waals surface area contributed by atoms with Crippen LogP contribution in [-0.2, 0) is 20.8 Å². The Kier molecular flexibility index (Phi) is 7.27. The zero-order chi connectivity index (χ0) is 23.6. The summed E-state index contributed by atoms with van der Waals surface area (Å²) < 4.78 is 38.1. The number of carbonyl (C=O) groups is 3. The first-order valence-corrected chi connectivity index (χ1v) is 11.1. The number of alkyl halides is 2. The van der Waals surface area contributed by atoms with Crippen LogP contribution in [0.1, 0.15) is 82.9 Å². The number of thiophene rings is 1. The molecule has 1 N–H and O–H groups in total. The Labute approximate surface area is 187 Å². The van der Waals surface area contributed by atoms with E-state index in [1.807, 2.05) is 0 Å². The molecule has 2 aromatic rings. The van der Waals surface area contributed by atoms with Gasteiger partial charge >= 0.3 is 11.9 Å². The zero-order valence-corrected chi connectivity index (χ0v) is 19.1. The van der Waals surface area contributed by atoms with Crippen LogP contribution >= 0.6 is 11.3 Å². The minimum atomic E-state index is -2.78. The second-order valence-corrected chi connectivity index (χ2v) is 8.73. The molecule has 2 aromatic heterocycles. The lowest BCUT2D eigenvalue weighted by Crippen LogP contribution is -2.22. The lowest BCUT2D eigenvalue weighted by atomic mass is 10.1. The van der Waals surface area contributed by atoms with Gasteiger partial charge in [0.25, 0.3) is 6.43 Å². The molecule has 3 rings (SSSR count). The molecule has 1 aliphatic carbocycles. The number of aromatic nitrogens is 2. The average Bonchev–Trinajstić information content (AvgIpc) is 3.37. The number of ether oxygens (including phenoxy) is 2. The summed E-state index contributed by atoms with van der Waals surface area (Å²) in [5, 5.41) is 6.81. The van der Waals surface area contributed by atoms with Gasteiger partial charge < -0.3 is 14.8 Å². The van der Waals surface area contributed by atoms with Crippen LogP contribution in [0, 0.1) is 6.92 Å². The molecule has 0 aromatic carbocycles. The van der Waals surface area contributed by atoms with Gasteiger partial charge in [-0.25, -0.2) is 18.4 Å². The minimum Gasteiger partial charge on any atom is -0.462 e. The van der Waals surface area contributed by atoms with Gasteiger partial charge in [0.2, 0.25) is 5.91 Å². The number of anilines is 1. The molecule has 0 bridgehead atoms. The van der Waals surface area contributed by atoms with Crippen LogP contribution in [0.25, 0.3) is 0 Å². The van der Waals surface area contributed by atoms with E-state index in [2.05, 4.69) is 10.4 Å². The number of nitrogens with one attached hydrogen (secondary N) is 1. The van der Waals surface area contributed by atoms with E-state index in [4.69, 9.17) is 9.47 Å². The third kappa shape index (κ3) is 5.32. The molecule has 0 saturated heterocycles. The summed E-state index contributed by atoms with van der Waals surface area (Å²) >= 11 is 0.874. The number of hydrogen-bond acceptors (Lipinski definition) is 7. The van der Waals surface area contributed by atoms with E-state index in [1.165, 1.54) is 6.07 Å². The van der Waals surface area contributed by atoms with Crippen LogP contribution in [0.4, 0.5) is 13.8 Å². The summed E-state index contributed by atoms with van der Waals surface area (Å²) in [7, 11) is 0. The molecule has 0 aliphatic heterocycles. The van der Waals surface area contributed by atoms with Gasteiger partial charge in [0.1, 0.15) is 22.1 Å². The molecule has 0 radical (unpaired) electrons. The Morgan fingerprint density at radius 1 is 1.28 bits per heavy atom. The number of hydrogen-bond donors (Lipinski definition) is 1. The van der Waals surface area contributed by atoms with E-state index >= 15 is 0 Å². The van der Waals surface area contributed by atoms with Crippen LogP contribution in [0.5, 0.6) is 0 Å². The maximum absolute atomic E-state index is 13.4. The first-order valence-electron chi connectivity index (χ1n) is 10.3. The van der Waals surface area contributed by atoms with Crippen molar-refractivity contribution in [2.75, 3.05) is 11.9 Å². The number of carbonyl (C=O) groups excluding carboxylic acids is 3. The Bertz CT molecular complexity index is 1030. The van der Waals surface area contributed by atoms with Crippen molar-refractivity contribution in [3.05, 3.63) is 33.5 Å². The molecule has 1 fully saturated rings. The Balaban J connectivity index is 1.87. The molecule has 1 aliphatic rings. The predicted molar refractivity (Wildman–Crippen MR) is 113 cm³/mol. The van der Waals surface area contributed by atoms with Crippen LogP contribution in [-0.4, -0.2) is 40.3 Å². The molecule has 8 nitrogen and oxygen atoms in total. The average molecular weight is 470 g/mol. The molecule has 32 heavy (non-hydrogen) atoms. The Hall–Kier alpha value is -2.82. The van der Waals surface area contributed by atoms with Crippen molar-refractivity contribution in [3.63, 3.8) is 0 Å². The number of rotatable bonds is 9. The van der Waals surface area contributed by atoms with Gasteiger partial charge in [-0.1, -0.05) is 0 Å². The van der Waals surface area contributed by atoms with E-state index in [1.54, 1.807) is 27.7 Å². The van der Waals surface area contributed by atoms with Crippen molar-refractivity contribution in [2.24, 2.45) is 0 Å². The lowest BCUT2D eigenvalue weighted by Gasteiger charge is -2.11. The molecular weight excluding hydrogens is 444 g/mol. The Morgan fingerprint density at radius 2 is 1.97 bits per heavy atom. The van der Waals surface area contributed by atoms with Gasteiger partial charge in [-0.05, 0) is 52.2 Å². The minimum absolute atomic E-state index is 0.0355. The van der Waals surface area contributed by atoms with Gasteiger partial charge in [0.15, 0.2) is 0 Å². The lowest BCUT2D eigenvalue weighted by molar-refractivity contribution is -0.117. The highest BCUT2D eigenvalue weighted by molar-refractivity contribution is 7.18. The standard InChI is InChI=1S/C21H25F2N3O5S/c1-5-30-21(29)17-11(4)16(20(28)31-10(2)3)19(32-17)24-15(27)9-26-14(18(22)23)8-13(25-26)12-6-7-12/h8,10,12,18H,5-7,9H2,1-4H3,(H,24,27). The third-order valence-electron chi connectivity index (χ3n) is 4.75. The summed E-state index contributed by atoms with van der Waals surface area (Å²) in [4.78, 5) is 37.7. The normalized spacial score (nSPS) is 13.5. The third-order valence-corrected chi connectivity index (χ3v) is 5.94. The molecule has 11 heteroatoms. The van der Waals surface area contributed by atoms with Crippen molar-refractivity contribution in [1.82, 2.24) is 9.78 Å². The van der Waals surface area contributed by atoms with E-state index in [0.29, 0.717) is 11.3 Å². The highest BCUT2D eigenvalue weighted by atomic mass is 32.1. The molecule has 1 amide bonds. The summed E-state index contributed by atoms with van der Waals surface area (Å²) in [6.07, 6.45) is -1.43. The van der Waals surface area contributed by atoms with Gasteiger partial charge in [-0.3, -0.25) is 9.48 Å². The van der Waals surface area contributed by atoms with Gasteiger partial charge in [-0.15, -0.1) is 11.3 Å². The van der Waals surface area contributed by atoms with Crippen molar-refractivity contribution in [1.29, 1.82) is 0 Å². The fourth-order valence-corrected chi connectivity index (χ4v) is 4.25. The fraction of sp³-hybridized carbons (Fsp3) is 0.524. The molecule has 2 heterocycles. The van der Waals surface area contributed by atoms with Crippen molar-refractivity contribution < 1.29 is 32.6 Å². The second-order valence-electron chi connectivity index (χ2n) is 7.71. The summed E-state index contributed by atoms with van der Waals surface area (Å²) in [6.45, 7) is 6.23. The SMILES string of the molecule is CCOC(=O)c1sc(NC(=O)Cn2nc(C3CC3)cc2C(F)F)c(C(=O)OC(C)C)c1C. The molecule has 1 saturated carbocycles. The highest BCUT2D eigenvalue weighted by Gasteiger charge is 2.31. The number of halogens is 2. The van der Waals surface area contributed by atoms with Crippen LogP contribution < -0.4 is 5.32 Å². The monoisotopic (exact) mass is 469 g/mol. The number of esters is 2. The zero-order valence-electron chi connectivity index (χ0n) is 18.2. The smallest absolute Gasteiger partial charge is 0.348 e. The molecule has 0 unspecified atom stereocenters. The highest BCUT2D eigenvalue weighted by Crippen LogP contribution is 2.40. The first-order chi connectivity index (χ1) is 15.1. The van der Waals surface area contributed by atoms with Gasteiger partial charge in [0, 0.05) is 5.92 Å². The predicted octanol–water partition coefficient (Wildman–Crippen LogP) is 4.45. The van der Waals surface area contributed by atoms with Gasteiger partial charge in [0.05, 0.1) is 24.0 Å². The maximum atomic E-state index is 13.4. The molecule has 0 atom stereocenters. The summed E-state index contributed by atoms with van der Waals surface area (Å²) in [5.74, 6) is -1.84. The number of nitrogens with zero attached hydrogens (tertiary/aromatic N) is 2. The van der Waals surface area contributed by atoms with E-state index in [9.17, 15) is 23.2 Å². The topological polar surface area (TPSA) is 99.5 Å². The summed E-state index contributed by atoms with van der Waals surface area (Å²) in [6, 6.07) is 1.33. The van der Waals surface area contributed by atoms with Crippen molar-refractivity contribution >= 4 is 34.2 Å². The first kappa shape index (κ1) is 23.8. The van der Waals surface area contributed by atoms with E-state index in [0.717, 1.165) is 28.9 Å². The van der Waals surface area contributed by atoms with E-state index in [-0.39, 0.29) is 33.7 Å².